The molecule has 0 aliphatic carbocycles. The number of hydrogen-bond donors (Lipinski definition) is 0. The molecule has 8 heteroatoms. The second-order valence-electron chi connectivity index (χ2n) is 5.38. The summed E-state index contributed by atoms with van der Waals surface area (Å²) in [6.45, 7) is 3.07. The van der Waals surface area contributed by atoms with Gasteiger partial charge in [-0.3, -0.25) is 10.1 Å². The zero-order valence-electron chi connectivity index (χ0n) is 12.4. The van der Waals surface area contributed by atoms with Gasteiger partial charge in [-0.1, -0.05) is 23.7 Å². The molecule has 1 aliphatic rings. The van der Waals surface area contributed by atoms with Gasteiger partial charge < -0.3 is 9.64 Å². The molecule has 7 nitrogen and oxygen atoms in total. The number of morpholine rings is 1. The summed E-state index contributed by atoms with van der Waals surface area (Å²) in [5, 5.41) is 11.4. The molecule has 1 saturated heterocycles. The number of rotatable bonds is 3. The Labute approximate surface area is 138 Å². The standard InChI is InChI=1S/C15H15ClN4O3/c1-10-9-23-14(11-3-2-4-12(16)5-11)8-19(10)15-17-6-13(7-18-15)20(21)22/h2-7,10,14H,8-9H2,1H3. The molecule has 0 bridgehead atoms. The van der Waals surface area contributed by atoms with Crippen molar-refractivity contribution in [1.29, 1.82) is 0 Å². The van der Waals surface area contributed by atoms with Crippen LogP contribution in [0.15, 0.2) is 36.7 Å². The van der Waals surface area contributed by atoms with Crippen molar-refractivity contribution in [1.82, 2.24) is 9.97 Å². The predicted molar refractivity (Wildman–Crippen MR) is 85.6 cm³/mol. The summed E-state index contributed by atoms with van der Waals surface area (Å²) in [7, 11) is 0. The van der Waals surface area contributed by atoms with Crippen LogP contribution in [0.25, 0.3) is 0 Å². The zero-order chi connectivity index (χ0) is 16.4. The first-order valence-corrected chi connectivity index (χ1v) is 7.52. The molecule has 0 N–H and O–H groups in total. The molecule has 1 aromatic carbocycles. The molecular weight excluding hydrogens is 320 g/mol. The van der Waals surface area contributed by atoms with Crippen LogP contribution in [0.4, 0.5) is 11.6 Å². The third-order valence-corrected chi connectivity index (χ3v) is 3.98. The van der Waals surface area contributed by atoms with Crippen molar-refractivity contribution in [3.05, 3.63) is 57.4 Å². The fourth-order valence-electron chi connectivity index (χ4n) is 2.50. The van der Waals surface area contributed by atoms with E-state index in [2.05, 4.69) is 9.97 Å². The van der Waals surface area contributed by atoms with Gasteiger partial charge >= 0.3 is 5.69 Å². The molecule has 120 valence electrons. The van der Waals surface area contributed by atoms with Gasteiger partial charge in [0, 0.05) is 5.02 Å². The third-order valence-electron chi connectivity index (χ3n) is 3.75. The maximum Gasteiger partial charge on any atom is 0.305 e. The van der Waals surface area contributed by atoms with Gasteiger partial charge in [0.1, 0.15) is 18.5 Å². The van der Waals surface area contributed by atoms with Crippen molar-refractivity contribution in [3.8, 4) is 0 Å². The number of hydrogen-bond acceptors (Lipinski definition) is 6. The highest BCUT2D eigenvalue weighted by Crippen LogP contribution is 2.28. The van der Waals surface area contributed by atoms with Gasteiger partial charge in [0.25, 0.3) is 0 Å². The summed E-state index contributed by atoms with van der Waals surface area (Å²) in [4.78, 5) is 20.4. The first-order valence-electron chi connectivity index (χ1n) is 7.14. The molecule has 2 heterocycles. The number of halogens is 1. The number of anilines is 1. The summed E-state index contributed by atoms with van der Waals surface area (Å²) in [6, 6.07) is 7.60. The highest BCUT2D eigenvalue weighted by molar-refractivity contribution is 6.30. The van der Waals surface area contributed by atoms with E-state index in [1.165, 1.54) is 12.4 Å². The lowest BCUT2D eigenvalue weighted by molar-refractivity contribution is -0.385. The Kier molecular flexibility index (Phi) is 4.40. The van der Waals surface area contributed by atoms with Gasteiger partial charge in [0.15, 0.2) is 0 Å². The Hall–Kier alpha value is -2.25. The smallest absolute Gasteiger partial charge is 0.305 e. The number of ether oxygens (including phenoxy) is 1. The monoisotopic (exact) mass is 334 g/mol. The Morgan fingerprint density at radius 1 is 1.39 bits per heavy atom. The van der Waals surface area contributed by atoms with Gasteiger partial charge in [-0.25, -0.2) is 9.97 Å². The van der Waals surface area contributed by atoms with Gasteiger partial charge in [0.05, 0.1) is 24.1 Å². The van der Waals surface area contributed by atoms with Crippen LogP contribution in [0.5, 0.6) is 0 Å². The molecule has 2 aromatic rings. The molecule has 1 aliphatic heterocycles. The van der Waals surface area contributed by atoms with Gasteiger partial charge in [0.2, 0.25) is 5.95 Å². The van der Waals surface area contributed by atoms with E-state index in [0.717, 1.165) is 5.56 Å². The lowest BCUT2D eigenvalue weighted by Crippen LogP contribution is -2.46. The number of benzene rings is 1. The van der Waals surface area contributed by atoms with Crippen LogP contribution in [-0.4, -0.2) is 34.1 Å². The van der Waals surface area contributed by atoms with E-state index >= 15 is 0 Å². The molecule has 0 saturated carbocycles. The van der Waals surface area contributed by atoms with E-state index in [4.69, 9.17) is 16.3 Å². The Morgan fingerprint density at radius 3 is 2.78 bits per heavy atom. The molecule has 1 fully saturated rings. The van der Waals surface area contributed by atoms with Crippen LogP contribution >= 0.6 is 11.6 Å². The van der Waals surface area contributed by atoms with Crippen LogP contribution in [0.1, 0.15) is 18.6 Å². The van der Waals surface area contributed by atoms with E-state index < -0.39 is 4.92 Å². The van der Waals surface area contributed by atoms with Crippen molar-refractivity contribution in [2.45, 2.75) is 19.1 Å². The average molecular weight is 335 g/mol. The minimum absolute atomic E-state index is 0.0758. The minimum Gasteiger partial charge on any atom is -0.370 e. The van der Waals surface area contributed by atoms with Gasteiger partial charge in [-0.2, -0.15) is 0 Å². The van der Waals surface area contributed by atoms with Crippen molar-refractivity contribution >= 4 is 23.2 Å². The first kappa shape index (κ1) is 15.6. The van der Waals surface area contributed by atoms with E-state index in [9.17, 15) is 10.1 Å². The van der Waals surface area contributed by atoms with Crippen molar-refractivity contribution in [2.75, 3.05) is 18.1 Å². The third kappa shape index (κ3) is 3.40. The fourth-order valence-corrected chi connectivity index (χ4v) is 2.70. The topological polar surface area (TPSA) is 81.4 Å². The summed E-state index contributed by atoms with van der Waals surface area (Å²) >= 11 is 6.04. The molecule has 1 aromatic heterocycles. The summed E-state index contributed by atoms with van der Waals surface area (Å²) in [5.74, 6) is 0.457. The second-order valence-corrected chi connectivity index (χ2v) is 5.81. The van der Waals surface area contributed by atoms with Crippen LogP contribution in [-0.2, 0) is 4.74 Å². The highest BCUT2D eigenvalue weighted by Gasteiger charge is 2.29. The highest BCUT2D eigenvalue weighted by atomic mass is 35.5. The number of nitrogens with zero attached hydrogens (tertiary/aromatic N) is 4. The largest absolute Gasteiger partial charge is 0.370 e. The predicted octanol–water partition coefficient (Wildman–Crippen LogP) is 3.00. The molecular formula is C15H15ClN4O3. The molecule has 2 atom stereocenters. The van der Waals surface area contributed by atoms with E-state index in [-0.39, 0.29) is 17.8 Å². The van der Waals surface area contributed by atoms with Crippen LogP contribution in [0.2, 0.25) is 5.02 Å². The SMILES string of the molecule is CC1COC(c2cccc(Cl)c2)CN1c1ncc([N+](=O)[O-])cn1. The number of nitro groups is 1. The summed E-state index contributed by atoms with van der Waals surface area (Å²) in [6.07, 6.45) is 2.29. The van der Waals surface area contributed by atoms with Crippen LogP contribution in [0.3, 0.4) is 0 Å². The van der Waals surface area contributed by atoms with E-state index in [1.54, 1.807) is 0 Å². The molecule has 23 heavy (non-hydrogen) atoms. The van der Waals surface area contributed by atoms with Crippen LogP contribution < -0.4 is 4.90 Å². The molecule has 0 amide bonds. The normalized spacial score (nSPS) is 21.2. The summed E-state index contributed by atoms with van der Waals surface area (Å²) in [5.41, 5.74) is 0.859. The van der Waals surface area contributed by atoms with Gasteiger partial charge in [-0.05, 0) is 24.6 Å². The zero-order valence-corrected chi connectivity index (χ0v) is 13.2. The lowest BCUT2D eigenvalue weighted by Gasteiger charge is -2.38. The number of aromatic nitrogens is 2. The van der Waals surface area contributed by atoms with E-state index in [0.29, 0.717) is 24.1 Å². The summed E-state index contributed by atoms with van der Waals surface area (Å²) < 4.78 is 5.88. The molecule has 0 spiro atoms. The first-order chi connectivity index (χ1) is 11.0. The molecule has 2 unspecified atom stereocenters. The second kappa shape index (κ2) is 6.47. The van der Waals surface area contributed by atoms with Gasteiger partial charge in [-0.15, -0.1) is 0 Å². The van der Waals surface area contributed by atoms with Crippen molar-refractivity contribution in [2.24, 2.45) is 0 Å². The lowest BCUT2D eigenvalue weighted by atomic mass is 10.1. The molecule has 3 rings (SSSR count). The maximum absolute atomic E-state index is 10.7. The quantitative estimate of drug-likeness (QED) is 0.634. The maximum atomic E-state index is 10.7. The van der Waals surface area contributed by atoms with E-state index in [1.807, 2.05) is 36.1 Å². The Balaban J connectivity index is 1.82. The Bertz CT molecular complexity index is 710. The Morgan fingerprint density at radius 2 is 2.13 bits per heavy atom. The minimum atomic E-state index is -0.513. The average Bonchev–Trinajstić information content (AvgIpc) is 2.55. The van der Waals surface area contributed by atoms with Crippen molar-refractivity contribution < 1.29 is 9.66 Å². The van der Waals surface area contributed by atoms with Crippen molar-refractivity contribution in [3.63, 3.8) is 0 Å². The van der Waals surface area contributed by atoms with Crippen LogP contribution in [0, 0.1) is 10.1 Å². The fraction of sp³-hybridized carbons (Fsp3) is 0.333. The molecule has 0 radical (unpaired) electrons.